The normalized spacial score (nSPS) is 15.6. The Kier molecular flexibility index (Phi) is 8.09. The Labute approximate surface area is 138 Å². The molecule has 0 radical (unpaired) electrons. The molecule has 0 atom stereocenters. The molecule has 0 spiro atoms. The highest BCUT2D eigenvalue weighted by atomic mass is 35.5. The minimum atomic E-state index is 0. The summed E-state index contributed by atoms with van der Waals surface area (Å²) in [5, 5.41) is 3.96. The first kappa shape index (κ1) is 18.3. The van der Waals surface area contributed by atoms with Crippen LogP contribution in [0.25, 0.3) is 0 Å². The molecule has 1 N–H and O–H groups in total. The van der Waals surface area contributed by atoms with E-state index in [4.69, 9.17) is 11.6 Å². The molecule has 1 heterocycles. The molecule has 21 heavy (non-hydrogen) atoms. The number of rotatable bonds is 5. The van der Waals surface area contributed by atoms with Gasteiger partial charge in [-0.25, -0.2) is 0 Å². The first-order chi connectivity index (χ1) is 9.69. The van der Waals surface area contributed by atoms with Crippen molar-refractivity contribution in [1.29, 1.82) is 0 Å². The van der Waals surface area contributed by atoms with Crippen molar-refractivity contribution in [2.24, 2.45) is 5.92 Å². The fourth-order valence-corrected chi connectivity index (χ4v) is 2.86. The highest BCUT2D eigenvalue weighted by Gasteiger charge is 2.21. The van der Waals surface area contributed by atoms with E-state index in [0.717, 1.165) is 49.8 Å². The van der Waals surface area contributed by atoms with Gasteiger partial charge in [-0.1, -0.05) is 23.7 Å². The summed E-state index contributed by atoms with van der Waals surface area (Å²) < 4.78 is 0. The molecule has 1 fully saturated rings. The zero-order valence-corrected chi connectivity index (χ0v) is 14.1. The van der Waals surface area contributed by atoms with E-state index in [2.05, 4.69) is 5.32 Å². The number of aryl methyl sites for hydroxylation is 1. The van der Waals surface area contributed by atoms with Gasteiger partial charge in [0.15, 0.2) is 0 Å². The van der Waals surface area contributed by atoms with E-state index in [1.54, 1.807) is 0 Å². The maximum absolute atomic E-state index is 12.2. The third-order valence-electron chi connectivity index (χ3n) is 4.00. The van der Waals surface area contributed by atoms with Crippen LogP contribution >= 0.6 is 24.0 Å². The first-order valence-corrected chi connectivity index (χ1v) is 7.73. The quantitative estimate of drug-likeness (QED) is 0.899. The van der Waals surface area contributed by atoms with E-state index < -0.39 is 0 Å². The number of hydrogen-bond acceptors (Lipinski definition) is 2. The summed E-state index contributed by atoms with van der Waals surface area (Å²) in [6.07, 6.45) is 3.63. The van der Waals surface area contributed by atoms with Gasteiger partial charge in [0, 0.05) is 24.5 Å². The lowest BCUT2D eigenvalue weighted by atomic mass is 9.96. The number of carbonyl (C=O) groups excluding carboxylic acids is 1. The zero-order valence-electron chi connectivity index (χ0n) is 12.5. The molecule has 0 aromatic heterocycles. The molecular weight excluding hydrogens is 307 g/mol. The fraction of sp³-hybridized carbons (Fsp3) is 0.562. The highest BCUT2D eigenvalue weighted by molar-refractivity contribution is 6.30. The van der Waals surface area contributed by atoms with Crippen LogP contribution < -0.4 is 5.32 Å². The Morgan fingerprint density at radius 1 is 1.29 bits per heavy atom. The van der Waals surface area contributed by atoms with Gasteiger partial charge in [-0.05, 0) is 56.5 Å². The van der Waals surface area contributed by atoms with Gasteiger partial charge in [0.25, 0.3) is 0 Å². The summed E-state index contributed by atoms with van der Waals surface area (Å²) in [6, 6.07) is 7.75. The summed E-state index contributed by atoms with van der Waals surface area (Å²) in [7, 11) is 1.99. The second-order valence-electron chi connectivity index (χ2n) is 5.51. The molecule has 1 amide bonds. The molecule has 2 rings (SSSR count). The van der Waals surface area contributed by atoms with Gasteiger partial charge in [0.2, 0.25) is 5.91 Å². The van der Waals surface area contributed by atoms with Crippen molar-refractivity contribution in [2.75, 3.05) is 26.7 Å². The van der Waals surface area contributed by atoms with Gasteiger partial charge >= 0.3 is 0 Å². The maximum Gasteiger partial charge on any atom is 0.222 e. The lowest BCUT2D eigenvalue weighted by Gasteiger charge is -2.32. The Morgan fingerprint density at radius 3 is 2.48 bits per heavy atom. The predicted molar refractivity (Wildman–Crippen MR) is 90.3 cm³/mol. The summed E-state index contributed by atoms with van der Waals surface area (Å²) in [5.41, 5.74) is 1.17. The molecule has 118 valence electrons. The number of benzene rings is 1. The third-order valence-corrected chi connectivity index (χ3v) is 4.25. The van der Waals surface area contributed by atoms with Crippen LogP contribution in [0.15, 0.2) is 24.3 Å². The number of nitrogens with zero attached hydrogens (tertiary/aromatic N) is 1. The van der Waals surface area contributed by atoms with E-state index >= 15 is 0 Å². The van der Waals surface area contributed by atoms with Gasteiger partial charge in [-0.3, -0.25) is 4.79 Å². The van der Waals surface area contributed by atoms with Gasteiger partial charge < -0.3 is 10.2 Å². The van der Waals surface area contributed by atoms with Crippen LogP contribution in [0.1, 0.15) is 24.8 Å². The molecule has 5 heteroatoms. The predicted octanol–water partition coefficient (Wildman–Crippen LogP) is 3.15. The summed E-state index contributed by atoms with van der Waals surface area (Å²) >= 11 is 5.86. The van der Waals surface area contributed by atoms with Crippen LogP contribution in [0.2, 0.25) is 5.02 Å². The van der Waals surface area contributed by atoms with Crippen LogP contribution in [0.3, 0.4) is 0 Å². The number of hydrogen-bond donors (Lipinski definition) is 1. The standard InChI is InChI=1S/C16H23ClN2O.ClH/c1-18-12-14-8-10-19(11-9-14)16(20)7-4-13-2-5-15(17)6-3-13;/h2-3,5-6,14,18H,4,7-12H2,1H3;1H. The van der Waals surface area contributed by atoms with Crippen molar-refractivity contribution in [3.63, 3.8) is 0 Å². The van der Waals surface area contributed by atoms with Crippen molar-refractivity contribution in [2.45, 2.75) is 25.7 Å². The van der Waals surface area contributed by atoms with Crippen molar-refractivity contribution in [3.05, 3.63) is 34.9 Å². The number of halogens is 2. The second kappa shape index (κ2) is 9.29. The number of carbonyl (C=O) groups is 1. The summed E-state index contributed by atoms with van der Waals surface area (Å²) in [5.74, 6) is 1.00. The minimum absolute atomic E-state index is 0. The molecular formula is C16H24Cl2N2O. The molecule has 1 aliphatic heterocycles. The molecule has 0 aliphatic carbocycles. The van der Waals surface area contributed by atoms with Crippen LogP contribution in [0.5, 0.6) is 0 Å². The zero-order chi connectivity index (χ0) is 14.4. The van der Waals surface area contributed by atoms with Crippen molar-refractivity contribution >= 4 is 29.9 Å². The molecule has 1 aromatic rings. The van der Waals surface area contributed by atoms with Crippen LogP contribution in [-0.2, 0) is 11.2 Å². The average molecular weight is 331 g/mol. The van der Waals surface area contributed by atoms with E-state index in [1.807, 2.05) is 36.2 Å². The van der Waals surface area contributed by atoms with E-state index in [9.17, 15) is 4.79 Å². The highest BCUT2D eigenvalue weighted by Crippen LogP contribution is 2.18. The van der Waals surface area contributed by atoms with E-state index in [0.29, 0.717) is 6.42 Å². The van der Waals surface area contributed by atoms with Gasteiger partial charge in [-0.15, -0.1) is 12.4 Å². The SMILES string of the molecule is CNCC1CCN(C(=O)CCc2ccc(Cl)cc2)CC1.Cl. The van der Waals surface area contributed by atoms with Crippen molar-refractivity contribution in [1.82, 2.24) is 10.2 Å². The Balaban J connectivity index is 0.00000220. The lowest BCUT2D eigenvalue weighted by Crippen LogP contribution is -2.40. The molecule has 0 unspecified atom stereocenters. The lowest BCUT2D eigenvalue weighted by molar-refractivity contribution is -0.132. The van der Waals surface area contributed by atoms with Gasteiger partial charge in [0.05, 0.1) is 0 Å². The Morgan fingerprint density at radius 2 is 1.90 bits per heavy atom. The smallest absolute Gasteiger partial charge is 0.222 e. The maximum atomic E-state index is 12.2. The molecule has 0 bridgehead atoms. The topological polar surface area (TPSA) is 32.3 Å². The van der Waals surface area contributed by atoms with Crippen LogP contribution in [0.4, 0.5) is 0 Å². The number of piperidine rings is 1. The van der Waals surface area contributed by atoms with E-state index in [-0.39, 0.29) is 18.3 Å². The van der Waals surface area contributed by atoms with Gasteiger partial charge in [-0.2, -0.15) is 0 Å². The number of likely N-dealkylation sites (tertiary alicyclic amines) is 1. The molecule has 1 saturated heterocycles. The van der Waals surface area contributed by atoms with Gasteiger partial charge in [0.1, 0.15) is 0 Å². The molecule has 3 nitrogen and oxygen atoms in total. The molecule has 1 aromatic carbocycles. The van der Waals surface area contributed by atoms with E-state index in [1.165, 1.54) is 5.56 Å². The minimum Gasteiger partial charge on any atom is -0.343 e. The Hall–Kier alpha value is -0.770. The molecule has 0 saturated carbocycles. The monoisotopic (exact) mass is 330 g/mol. The second-order valence-corrected chi connectivity index (χ2v) is 5.94. The number of nitrogens with one attached hydrogen (secondary N) is 1. The van der Waals surface area contributed by atoms with Crippen LogP contribution in [0, 0.1) is 5.92 Å². The largest absolute Gasteiger partial charge is 0.343 e. The first-order valence-electron chi connectivity index (χ1n) is 7.36. The summed E-state index contributed by atoms with van der Waals surface area (Å²) in [4.78, 5) is 14.2. The fourth-order valence-electron chi connectivity index (χ4n) is 2.74. The van der Waals surface area contributed by atoms with Crippen LogP contribution in [-0.4, -0.2) is 37.5 Å². The van der Waals surface area contributed by atoms with Crippen molar-refractivity contribution in [3.8, 4) is 0 Å². The third kappa shape index (κ3) is 5.85. The Bertz CT molecular complexity index is 428. The average Bonchev–Trinajstić information content (AvgIpc) is 2.47. The summed E-state index contributed by atoms with van der Waals surface area (Å²) in [6.45, 7) is 2.88. The van der Waals surface area contributed by atoms with Crippen molar-refractivity contribution < 1.29 is 4.79 Å². The number of amides is 1. The molecule has 1 aliphatic rings.